The van der Waals surface area contributed by atoms with Crippen LogP contribution < -0.4 is 5.32 Å². The van der Waals surface area contributed by atoms with Crippen molar-refractivity contribution in [1.82, 2.24) is 5.32 Å². The number of benzene rings is 1. The topological polar surface area (TPSA) is 12.0 Å². The molecule has 0 aliphatic heterocycles. The van der Waals surface area contributed by atoms with Gasteiger partial charge in [-0.15, -0.1) is 0 Å². The van der Waals surface area contributed by atoms with E-state index in [2.05, 4.69) is 12.2 Å². The summed E-state index contributed by atoms with van der Waals surface area (Å²) in [4.78, 5) is 0. The third kappa shape index (κ3) is 2.23. The molecule has 2 saturated carbocycles. The van der Waals surface area contributed by atoms with Gasteiger partial charge < -0.3 is 5.32 Å². The van der Waals surface area contributed by atoms with E-state index in [4.69, 9.17) is 0 Å². The van der Waals surface area contributed by atoms with E-state index in [0.717, 1.165) is 30.4 Å². The normalized spacial score (nSPS) is 35.4. The lowest BCUT2D eigenvalue weighted by molar-refractivity contribution is 0.279. The summed E-state index contributed by atoms with van der Waals surface area (Å²) in [6.45, 7) is 2.26. The third-order valence-electron chi connectivity index (χ3n) is 4.38. The zero-order chi connectivity index (χ0) is 11.8. The molecule has 2 aliphatic rings. The fourth-order valence-corrected chi connectivity index (χ4v) is 3.02. The molecule has 0 saturated heterocycles. The molecule has 2 atom stereocenters. The summed E-state index contributed by atoms with van der Waals surface area (Å²) in [6, 6.07) is 8.59. The minimum Gasteiger partial charge on any atom is -0.311 e. The maximum absolute atomic E-state index is 13.6. The molecular formula is C15H20FN. The Hall–Kier alpha value is -0.890. The van der Waals surface area contributed by atoms with Crippen LogP contribution in [0.15, 0.2) is 24.3 Å². The minimum atomic E-state index is -0.0335. The number of halogens is 1. The summed E-state index contributed by atoms with van der Waals surface area (Å²) < 4.78 is 13.6. The largest absolute Gasteiger partial charge is 0.311 e. The maximum atomic E-state index is 13.6. The molecule has 1 nitrogen and oxygen atoms in total. The van der Waals surface area contributed by atoms with E-state index < -0.39 is 0 Å². The molecule has 2 heteroatoms. The van der Waals surface area contributed by atoms with Gasteiger partial charge >= 0.3 is 0 Å². The molecule has 92 valence electrons. The van der Waals surface area contributed by atoms with Gasteiger partial charge in [-0.05, 0) is 42.7 Å². The Bertz CT molecular complexity index is 398. The number of hydrogen-bond acceptors (Lipinski definition) is 1. The lowest BCUT2D eigenvalue weighted by atomic mass is 9.75. The highest BCUT2D eigenvalue weighted by Gasteiger charge is 2.40. The molecule has 3 rings (SSSR count). The molecule has 0 radical (unpaired) electrons. The molecule has 0 spiro atoms. The Morgan fingerprint density at radius 1 is 1.24 bits per heavy atom. The molecule has 0 aromatic heterocycles. The molecule has 0 bridgehead atoms. The molecule has 0 heterocycles. The van der Waals surface area contributed by atoms with Gasteiger partial charge in [0.2, 0.25) is 0 Å². The van der Waals surface area contributed by atoms with E-state index in [-0.39, 0.29) is 5.82 Å². The van der Waals surface area contributed by atoms with Crippen molar-refractivity contribution in [1.29, 1.82) is 0 Å². The smallest absolute Gasteiger partial charge is 0.126 e. The quantitative estimate of drug-likeness (QED) is 0.839. The second kappa shape index (κ2) is 4.41. The van der Waals surface area contributed by atoms with Crippen molar-refractivity contribution in [2.75, 3.05) is 0 Å². The molecule has 2 aliphatic carbocycles. The molecule has 2 unspecified atom stereocenters. The van der Waals surface area contributed by atoms with E-state index in [1.807, 2.05) is 12.1 Å². The summed E-state index contributed by atoms with van der Waals surface area (Å²) in [5.41, 5.74) is 0.911. The molecule has 2 fully saturated rings. The lowest BCUT2D eigenvalue weighted by Gasteiger charge is -2.36. The Morgan fingerprint density at radius 2 is 2.00 bits per heavy atom. The second-order valence-electron chi connectivity index (χ2n) is 5.56. The van der Waals surface area contributed by atoms with Crippen LogP contribution in [-0.2, 0) is 0 Å². The first kappa shape index (κ1) is 11.2. The molecule has 17 heavy (non-hydrogen) atoms. The molecule has 0 amide bonds. The van der Waals surface area contributed by atoms with Crippen molar-refractivity contribution in [3.8, 4) is 0 Å². The van der Waals surface area contributed by atoms with Gasteiger partial charge in [0, 0.05) is 12.1 Å². The van der Waals surface area contributed by atoms with Crippen molar-refractivity contribution < 1.29 is 4.39 Å². The van der Waals surface area contributed by atoms with E-state index in [1.54, 1.807) is 12.1 Å². The second-order valence-corrected chi connectivity index (χ2v) is 5.56. The Morgan fingerprint density at radius 3 is 2.65 bits per heavy atom. The van der Waals surface area contributed by atoms with Crippen LogP contribution in [0.5, 0.6) is 0 Å². The maximum Gasteiger partial charge on any atom is 0.126 e. The van der Waals surface area contributed by atoms with Gasteiger partial charge in [0.25, 0.3) is 0 Å². The van der Waals surface area contributed by atoms with Gasteiger partial charge in [-0.25, -0.2) is 4.39 Å². The molecule has 1 aromatic carbocycles. The molecule has 1 N–H and O–H groups in total. The van der Waals surface area contributed by atoms with Crippen LogP contribution in [0.3, 0.4) is 0 Å². The summed E-state index contributed by atoms with van der Waals surface area (Å²) in [5.74, 6) is 1.31. The van der Waals surface area contributed by atoms with Crippen LogP contribution in [0.25, 0.3) is 0 Å². The third-order valence-corrected chi connectivity index (χ3v) is 4.38. The standard InChI is InChI=1S/C15H20FN/c1-2-10-9-15(10)17-12-7-11(8-12)13-5-3-4-6-14(13)16/h3-6,10-12,15,17H,2,7-9H2,1H3. The summed E-state index contributed by atoms with van der Waals surface area (Å²) >= 11 is 0. The van der Waals surface area contributed by atoms with Gasteiger partial charge in [0.1, 0.15) is 5.82 Å². The first-order chi connectivity index (χ1) is 8.28. The van der Waals surface area contributed by atoms with Crippen LogP contribution >= 0.6 is 0 Å². The first-order valence-corrected chi connectivity index (χ1v) is 6.78. The number of nitrogens with one attached hydrogen (secondary N) is 1. The molecular weight excluding hydrogens is 213 g/mol. The average Bonchev–Trinajstić information content (AvgIpc) is 3.03. The van der Waals surface area contributed by atoms with E-state index in [1.165, 1.54) is 12.8 Å². The van der Waals surface area contributed by atoms with Crippen molar-refractivity contribution in [3.63, 3.8) is 0 Å². The highest BCUT2D eigenvalue weighted by molar-refractivity contribution is 5.25. The minimum absolute atomic E-state index is 0.0335. The zero-order valence-corrected chi connectivity index (χ0v) is 10.3. The van der Waals surface area contributed by atoms with Crippen molar-refractivity contribution >= 4 is 0 Å². The van der Waals surface area contributed by atoms with E-state index in [9.17, 15) is 4.39 Å². The van der Waals surface area contributed by atoms with Gasteiger partial charge in [-0.1, -0.05) is 31.5 Å². The summed E-state index contributed by atoms with van der Waals surface area (Å²) in [7, 11) is 0. The summed E-state index contributed by atoms with van der Waals surface area (Å²) in [6.07, 6.45) is 4.85. The van der Waals surface area contributed by atoms with Crippen molar-refractivity contribution in [2.45, 2.75) is 50.6 Å². The highest BCUT2D eigenvalue weighted by atomic mass is 19.1. The van der Waals surface area contributed by atoms with Gasteiger partial charge in [-0.3, -0.25) is 0 Å². The zero-order valence-electron chi connectivity index (χ0n) is 10.3. The van der Waals surface area contributed by atoms with Crippen LogP contribution in [0.2, 0.25) is 0 Å². The van der Waals surface area contributed by atoms with Crippen molar-refractivity contribution in [3.05, 3.63) is 35.6 Å². The van der Waals surface area contributed by atoms with Crippen LogP contribution in [-0.4, -0.2) is 12.1 Å². The van der Waals surface area contributed by atoms with Crippen LogP contribution in [0.4, 0.5) is 4.39 Å². The van der Waals surface area contributed by atoms with Gasteiger partial charge in [-0.2, -0.15) is 0 Å². The van der Waals surface area contributed by atoms with E-state index >= 15 is 0 Å². The van der Waals surface area contributed by atoms with Crippen molar-refractivity contribution in [2.24, 2.45) is 5.92 Å². The fourth-order valence-electron chi connectivity index (χ4n) is 3.02. The van der Waals surface area contributed by atoms with Gasteiger partial charge in [0.05, 0.1) is 0 Å². The van der Waals surface area contributed by atoms with E-state index in [0.29, 0.717) is 12.0 Å². The predicted molar refractivity (Wildman–Crippen MR) is 67.5 cm³/mol. The number of hydrogen-bond donors (Lipinski definition) is 1. The first-order valence-electron chi connectivity index (χ1n) is 6.78. The number of rotatable bonds is 4. The lowest BCUT2D eigenvalue weighted by Crippen LogP contribution is -2.41. The highest BCUT2D eigenvalue weighted by Crippen LogP contribution is 2.41. The molecule has 1 aromatic rings. The van der Waals surface area contributed by atoms with Crippen LogP contribution in [0, 0.1) is 11.7 Å². The SMILES string of the molecule is CCC1CC1NC1CC(c2ccccc2F)C1. The van der Waals surface area contributed by atoms with Crippen LogP contribution in [0.1, 0.15) is 44.1 Å². The average molecular weight is 233 g/mol. The predicted octanol–water partition coefficient (Wildman–Crippen LogP) is 3.46. The monoisotopic (exact) mass is 233 g/mol. The Balaban J connectivity index is 1.50. The summed E-state index contributed by atoms with van der Waals surface area (Å²) in [5, 5.41) is 3.69. The van der Waals surface area contributed by atoms with Gasteiger partial charge in [0.15, 0.2) is 0 Å². The Labute approximate surface area is 102 Å². The Kier molecular flexibility index (Phi) is 2.91. The fraction of sp³-hybridized carbons (Fsp3) is 0.600.